The van der Waals surface area contributed by atoms with Crippen molar-refractivity contribution in [2.24, 2.45) is 5.92 Å². The number of benzene rings is 2. The summed E-state index contributed by atoms with van der Waals surface area (Å²) in [7, 11) is 3.40. The summed E-state index contributed by atoms with van der Waals surface area (Å²) in [6.45, 7) is 3.94. The van der Waals surface area contributed by atoms with Gasteiger partial charge in [0.1, 0.15) is 17.8 Å². The predicted molar refractivity (Wildman–Crippen MR) is 160 cm³/mol. The fourth-order valence-electron chi connectivity index (χ4n) is 6.09. The highest BCUT2D eigenvalue weighted by molar-refractivity contribution is 5.94. The quantitative estimate of drug-likeness (QED) is 0.297. The summed E-state index contributed by atoms with van der Waals surface area (Å²) in [6, 6.07) is 16.0. The van der Waals surface area contributed by atoms with Gasteiger partial charge in [-0.15, -0.1) is 0 Å². The molecule has 2 aliphatic heterocycles. The Hall–Kier alpha value is -3.43. The van der Waals surface area contributed by atoms with Crippen molar-refractivity contribution in [3.63, 3.8) is 0 Å². The van der Waals surface area contributed by atoms with Gasteiger partial charge in [-0.1, -0.05) is 49.4 Å². The smallest absolute Gasteiger partial charge is 0.246 e. The first-order valence-electron chi connectivity index (χ1n) is 14.9. The number of hydrogen-bond acceptors (Lipinski definition) is 6. The zero-order valence-electron chi connectivity index (χ0n) is 24.5. The van der Waals surface area contributed by atoms with Crippen molar-refractivity contribution in [1.29, 1.82) is 0 Å². The van der Waals surface area contributed by atoms with E-state index >= 15 is 0 Å². The monoisotopic (exact) mass is 563 g/mol. The molecule has 2 aromatic carbocycles. The lowest BCUT2D eigenvalue weighted by atomic mass is 9.92. The summed E-state index contributed by atoms with van der Waals surface area (Å²) in [5, 5.41) is 12.7. The van der Waals surface area contributed by atoms with Crippen LogP contribution in [0, 0.1) is 5.92 Å². The van der Waals surface area contributed by atoms with Crippen LogP contribution in [0.3, 0.4) is 0 Å². The second-order valence-electron chi connectivity index (χ2n) is 11.0. The summed E-state index contributed by atoms with van der Waals surface area (Å²) < 4.78 is 5.22. The largest absolute Gasteiger partial charge is 0.497 e. The number of hydrogen-bond donors (Lipinski definition) is 4. The summed E-state index contributed by atoms with van der Waals surface area (Å²) in [6.07, 6.45) is 4.27. The summed E-state index contributed by atoms with van der Waals surface area (Å²) in [4.78, 5) is 42.8. The molecular formula is C32H45N5O4. The van der Waals surface area contributed by atoms with Crippen molar-refractivity contribution in [3.8, 4) is 5.75 Å². The zero-order valence-corrected chi connectivity index (χ0v) is 24.5. The molecule has 0 aromatic heterocycles. The molecule has 4 N–H and O–H groups in total. The molecule has 0 bridgehead atoms. The minimum Gasteiger partial charge on any atom is -0.497 e. The first-order chi connectivity index (χ1) is 19.9. The van der Waals surface area contributed by atoms with Crippen LogP contribution in [0.15, 0.2) is 54.6 Å². The summed E-state index contributed by atoms with van der Waals surface area (Å²) in [5.74, 6) is 0.275. The van der Waals surface area contributed by atoms with E-state index < -0.39 is 18.1 Å². The molecule has 2 heterocycles. The van der Waals surface area contributed by atoms with E-state index in [1.54, 1.807) is 19.1 Å². The Morgan fingerprint density at radius 1 is 1.00 bits per heavy atom. The molecule has 5 atom stereocenters. The Balaban J connectivity index is 1.44. The van der Waals surface area contributed by atoms with E-state index in [-0.39, 0.29) is 29.7 Å². The molecule has 222 valence electrons. The molecule has 2 aliphatic rings. The van der Waals surface area contributed by atoms with E-state index in [4.69, 9.17) is 4.74 Å². The lowest BCUT2D eigenvalue weighted by Crippen LogP contribution is -2.59. The fourth-order valence-corrected chi connectivity index (χ4v) is 6.09. The normalized spacial score (nSPS) is 22.9. The summed E-state index contributed by atoms with van der Waals surface area (Å²) in [5.41, 5.74) is 2.15. The number of rotatable bonds is 13. The first kappa shape index (κ1) is 30.5. The first-order valence-corrected chi connectivity index (χ1v) is 14.9. The molecule has 0 saturated carbocycles. The van der Waals surface area contributed by atoms with Gasteiger partial charge >= 0.3 is 0 Å². The fraction of sp³-hybridized carbons (Fsp3) is 0.531. The lowest BCUT2D eigenvalue weighted by Gasteiger charge is -2.33. The van der Waals surface area contributed by atoms with Crippen molar-refractivity contribution in [2.75, 3.05) is 33.8 Å². The number of methoxy groups -OCH3 is 1. The van der Waals surface area contributed by atoms with E-state index in [2.05, 4.69) is 21.3 Å². The standard InChI is InChI=1S/C32H45N5O4/c1-4-34-21-24-12-13-25-14-17-28(31(39)35-19-18-22-10-15-26(41-3)16-11-22)37(25)32(40)29(24)36-30(38)27(33-2)20-23-8-6-5-7-9-23/h5-11,15-16,24-25,27-29,33-34H,4,12-14,17-21H2,1-3H3,(H,35,39)(H,36,38)/t24?,25-,27?,28-,29?/m0/s1. The van der Waals surface area contributed by atoms with E-state index in [1.165, 1.54) is 0 Å². The molecule has 0 aliphatic carbocycles. The molecule has 9 heteroatoms. The third-order valence-corrected chi connectivity index (χ3v) is 8.44. The Morgan fingerprint density at radius 3 is 2.41 bits per heavy atom. The lowest BCUT2D eigenvalue weighted by molar-refractivity contribution is -0.143. The second kappa shape index (κ2) is 15.0. The Labute approximate surface area is 243 Å². The van der Waals surface area contributed by atoms with Crippen molar-refractivity contribution in [3.05, 3.63) is 65.7 Å². The molecular weight excluding hydrogens is 518 g/mol. The van der Waals surface area contributed by atoms with E-state index in [1.807, 2.05) is 61.5 Å². The van der Waals surface area contributed by atoms with Crippen LogP contribution in [0.5, 0.6) is 5.75 Å². The number of nitrogens with one attached hydrogen (secondary N) is 4. The van der Waals surface area contributed by atoms with Crippen LogP contribution < -0.4 is 26.0 Å². The zero-order chi connectivity index (χ0) is 29.2. The third kappa shape index (κ3) is 7.86. The van der Waals surface area contributed by atoms with Crippen molar-refractivity contribution in [1.82, 2.24) is 26.2 Å². The molecule has 41 heavy (non-hydrogen) atoms. The molecule has 2 aromatic rings. The van der Waals surface area contributed by atoms with Gasteiger partial charge in [0.05, 0.1) is 13.2 Å². The van der Waals surface area contributed by atoms with Crippen LogP contribution in [-0.2, 0) is 27.2 Å². The van der Waals surface area contributed by atoms with Gasteiger partial charge in [-0.2, -0.15) is 0 Å². The Morgan fingerprint density at radius 2 is 1.73 bits per heavy atom. The Bertz CT molecular complexity index is 1140. The second-order valence-corrected chi connectivity index (χ2v) is 11.0. The minimum absolute atomic E-state index is 0.00952. The van der Waals surface area contributed by atoms with Crippen molar-refractivity contribution in [2.45, 2.75) is 69.6 Å². The van der Waals surface area contributed by atoms with Crippen LogP contribution >= 0.6 is 0 Å². The molecule has 0 radical (unpaired) electrons. The van der Waals surface area contributed by atoms with Gasteiger partial charge in [-0.05, 0) is 75.4 Å². The van der Waals surface area contributed by atoms with Crippen molar-refractivity contribution >= 4 is 17.7 Å². The molecule has 9 nitrogen and oxygen atoms in total. The third-order valence-electron chi connectivity index (χ3n) is 8.44. The van der Waals surface area contributed by atoms with Crippen molar-refractivity contribution < 1.29 is 19.1 Å². The molecule has 4 rings (SSSR count). The summed E-state index contributed by atoms with van der Waals surface area (Å²) >= 11 is 0. The van der Waals surface area contributed by atoms with E-state index in [0.29, 0.717) is 32.4 Å². The van der Waals surface area contributed by atoms with Gasteiger partial charge in [-0.25, -0.2) is 0 Å². The van der Waals surface area contributed by atoms with Crippen LogP contribution in [-0.4, -0.2) is 80.6 Å². The maximum Gasteiger partial charge on any atom is 0.246 e. The van der Waals surface area contributed by atoms with Gasteiger partial charge < -0.3 is 30.9 Å². The molecule has 2 saturated heterocycles. The van der Waals surface area contributed by atoms with E-state index in [9.17, 15) is 14.4 Å². The number of nitrogens with zero attached hydrogens (tertiary/aromatic N) is 1. The van der Waals surface area contributed by atoms with E-state index in [0.717, 1.165) is 42.7 Å². The number of carbonyl (C=O) groups is 3. The van der Waals surface area contributed by atoms with Gasteiger partial charge in [0.2, 0.25) is 17.7 Å². The maximum atomic E-state index is 14.1. The SMILES string of the molecule is CCNCC1CC[C@H]2CC[C@@H](C(=O)NCCc3ccc(OC)cc3)N2C(=O)C1NC(=O)C(Cc1ccccc1)NC. The number of ether oxygens (including phenoxy) is 1. The van der Waals surface area contributed by atoms with Gasteiger partial charge in [-0.3, -0.25) is 14.4 Å². The van der Waals surface area contributed by atoms with Gasteiger partial charge in [0, 0.05) is 25.0 Å². The topological polar surface area (TPSA) is 112 Å². The highest BCUT2D eigenvalue weighted by atomic mass is 16.5. The number of fused-ring (bicyclic) bond motifs is 1. The maximum absolute atomic E-state index is 14.1. The van der Waals surface area contributed by atoms with Crippen LogP contribution in [0.4, 0.5) is 0 Å². The molecule has 0 spiro atoms. The molecule has 3 unspecified atom stereocenters. The highest BCUT2D eigenvalue weighted by Gasteiger charge is 2.47. The average molecular weight is 564 g/mol. The van der Waals surface area contributed by atoms with Gasteiger partial charge in [0.25, 0.3) is 0 Å². The van der Waals surface area contributed by atoms with Crippen LogP contribution in [0.2, 0.25) is 0 Å². The molecule has 3 amide bonds. The Kier molecular flexibility index (Phi) is 11.2. The van der Waals surface area contributed by atoms with Gasteiger partial charge in [0.15, 0.2) is 0 Å². The average Bonchev–Trinajstić information content (AvgIpc) is 3.38. The predicted octanol–water partition coefficient (Wildman–Crippen LogP) is 2.05. The minimum atomic E-state index is -0.689. The number of carbonyl (C=O) groups excluding carboxylic acids is 3. The molecule has 2 fully saturated rings. The highest BCUT2D eigenvalue weighted by Crippen LogP contribution is 2.34. The number of amides is 3. The van der Waals surface area contributed by atoms with Crippen LogP contribution in [0.1, 0.15) is 43.7 Å². The van der Waals surface area contributed by atoms with Crippen LogP contribution in [0.25, 0.3) is 0 Å². The number of likely N-dealkylation sites (N-methyl/N-ethyl adjacent to an activating group) is 1.